The van der Waals surface area contributed by atoms with Gasteiger partial charge in [0.25, 0.3) is 0 Å². The van der Waals surface area contributed by atoms with E-state index in [1.165, 1.54) is 6.92 Å². The first-order chi connectivity index (χ1) is 12.6. The van der Waals surface area contributed by atoms with Crippen molar-refractivity contribution in [3.63, 3.8) is 0 Å². The van der Waals surface area contributed by atoms with E-state index in [4.69, 9.17) is 22.3 Å². The molecular weight excluding hydrogens is 362 g/mol. The maximum Gasteiger partial charge on any atom is 0.322 e. The average molecular weight is 389 g/mol. The lowest BCUT2D eigenvalue weighted by atomic mass is 10.1. The maximum atomic E-state index is 12.1. The van der Waals surface area contributed by atoms with Crippen molar-refractivity contribution in [3.05, 3.63) is 0 Å². The van der Waals surface area contributed by atoms with Crippen molar-refractivity contribution in [2.45, 2.75) is 37.9 Å². The molecule has 0 saturated carbocycles. The number of carboxylic acids is 1. The summed E-state index contributed by atoms with van der Waals surface area (Å²) in [6, 6.07) is -3.34. The van der Waals surface area contributed by atoms with E-state index in [9.17, 15) is 24.3 Å². The van der Waals surface area contributed by atoms with Gasteiger partial charge in [0.1, 0.15) is 18.6 Å². The first kappa shape index (κ1) is 24.1. The van der Waals surface area contributed by atoms with E-state index >= 15 is 0 Å². The van der Waals surface area contributed by atoms with Gasteiger partial charge in [-0.1, -0.05) is 0 Å². The fourth-order valence-corrected chi connectivity index (χ4v) is 1.82. The van der Waals surface area contributed by atoms with Crippen molar-refractivity contribution in [2.24, 2.45) is 22.2 Å². The van der Waals surface area contributed by atoms with Gasteiger partial charge in [-0.05, 0) is 19.8 Å². The molecule has 0 radical (unpaired) electrons. The molecule has 3 unspecified atom stereocenters. The van der Waals surface area contributed by atoms with E-state index in [1.807, 2.05) is 0 Å². The van der Waals surface area contributed by atoms with Gasteiger partial charge in [0.2, 0.25) is 17.7 Å². The quantitative estimate of drug-likeness (QED) is 0.0911. The molecule has 0 saturated heterocycles. The average Bonchev–Trinajstić information content (AvgIpc) is 2.60. The van der Waals surface area contributed by atoms with Crippen LogP contribution in [0.25, 0.3) is 0 Å². The van der Waals surface area contributed by atoms with Gasteiger partial charge in [-0.25, -0.2) is 0 Å². The largest absolute Gasteiger partial charge is 0.480 e. The molecule has 0 aliphatic heterocycles. The number of carbonyl (C=O) groups is 4. The topological polar surface area (TPSA) is 235 Å². The number of aliphatic hydroxyl groups is 1. The van der Waals surface area contributed by atoms with Crippen molar-refractivity contribution >= 4 is 29.7 Å². The predicted octanol–water partition coefficient (Wildman–Crippen LogP) is -4.45. The Balaban J connectivity index is 4.49. The number of guanidine groups is 1. The first-order valence-corrected chi connectivity index (χ1v) is 8.10. The van der Waals surface area contributed by atoms with Gasteiger partial charge >= 0.3 is 5.97 Å². The normalized spacial score (nSPS) is 13.6. The molecule has 0 aliphatic carbocycles. The molecule has 0 spiro atoms. The smallest absolute Gasteiger partial charge is 0.322 e. The Hall–Kier alpha value is -2.93. The van der Waals surface area contributed by atoms with E-state index in [0.717, 1.165) is 0 Å². The van der Waals surface area contributed by atoms with Crippen molar-refractivity contribution in [3.8, 4) is 0 Å². The van der Waals surface area contributed by atoms with Crippen LogP contribution in [0.1, 0.15) is 19.8 Å². The number of hydrogen-bond acceptors (Lipinski definition) is 7. The third-order valence-electron chi connectivity index (χ3n) is 3.29. The van der Waals surface area contributed by atoms with Crippen molar-refractivity contribution in [1.82, 2.24) is 16.0 Å². The number of aliphatic carboxylic acids is 1. The minimum absolute atomic E-state index is 0.0773. The molecule has 0 aromatic carbocycles. The number of nitrogens with two attached hydrogens (primary N) is 3. The van der Waals surface area contributed by atoms with Crippen molar-refractivity contribution < 1.29 is 29.4 Å². The predicted molar refractivity (Wildman–Crippen MR) is 95.2 cm³/mol. The van der Waals surface area contributed by atoms with Crippen LogP contribution in [0.5, 0.6) is 0 Å². The lowest BCUT2D eigenvalue weighted by Gasteiger charge is -2.21. The van der Waals surface area contributed by atoms with Crippen LogP contribution < -0.4 is 33.2 Å². The highest BCUT2D eigenvalue weighted by Gasteiger charge is 2.25. The van der Waals surface area contributed by atoms with Crippen molar-refractivity contribution in [2.75, 3.05) is 19.7 Å². The highest BCUT2D eigenvalue weighted by atomic mass is 16.4. The summed E-state index contributed by atoms with van der Waals surface area (Å²) in [6.45, 7) is 0.284. The second kappa shape index (κ2) is 12.4. The molecule has 0 bridgehead atoms. The third kappa shape index (κ3) is 10.6. The molecule has 0 rings (SSSR count). The number of nitrogens with zero attached hydrogens (tertiary/aromatic N) is 1. The van der Waals surface area contributed by atoms with Gasteiger partial charge in [0, 0.05) is 6.54 Å². The molecule has 0 heterocycles. The Morgan fingerprint density at radius 1 is 1.07 bits per heavy atom. The molecule has 0 aromatic heterocycles. The van der Waals surface area contributed by atoms with E-state index in [0.29, 0.717) is 6.42 Å². The Morgan fingerprint density at radius 3 is 2.22 bits per heavy atom. The number of nitrogens with one attached hydrogen (secondary N) is 3. The number of rotatable bonds is 12. The number of hydrogen-bond donors (Lipinski definition) is 8. The second-order valence-corrected chi connectivity index (χ2v) is 5.64. The summed E-state index contributed by atoms with van der Waals surface area (Å²) in [5, 5.41) is 24.4. The molecule has 13 nitrogen and oxygen atoms in total. The van der Waals surface area contributed by atoms with Gasteiger partial charge in [0.05, 0.1) is 12.6 Å². The fourth-order valence-electron chi connectivity index (χ4n) is 1.82. The van der Waals surface area contributed by atoms with Gasteiger partial charge in [-0.3, -0.25) is 24.2 Å². The van der Waals surface area contributed by atoms with E-state index < -0.39 is 55.0 Å². The molecule has 3 amide bonds. The van der Waals surface area contributed by atoms with Crippen molar-refractivity contribution in [1.29, 1.82) is 0 Å². The molecule has 0 fully saturated rings. The van der Waals surface area contributed by atoms with E-state index in [1.54, 1.807) is 0 Å². The van der Waals surface area contributed by atoms with Gasteiger partial charge in [-0.15, -0.1) is 0 Å². The lowest BCUT2D eigenvalue weighted by Crippen LogP contribution is -2.56. The Labute approximate surface area is 155 Å². The molecule has 11 N–H and O–H groups in total. The first-order valence-electron chi connectivity index (χ1n) is 8.10. The van der Waals surface area contributed by atoms with Crippen LogP contribution in [0.2, 0.25) is 0 Å². The van der Waals surface area contributed by atoms with Crippen LogP contribution in [-0.4, -0.2) is 77.7 Å². The molecular formula is C14H27N7O6. The Kier molecular flexibility index (Phi) is 11.1. The van der Waals surface area contributed by atoms with Crippen LogP contribution in [0.15, 0.2) is 4.99 Å². The lowest BCUT2D eigenvalue weighted by molar-refractivity contribution is -0.138. The van der Waals surface area contributed by atoms with Crippen LogP contribution >= 0.6 is 0 Å². The van der Waals surface area contributed by atoms with Crippen LogP contribution in [0.3, 0.4) is 0 Å². The summed E-state index contributed by atoms with van der Waals surface area (Å²) in [5.74, 6) is -3.54. The maximum absolute atomic E-state index is 12.1. The summed E-state index contributed by atoms with van der Waals surface area (Å²) < 4.78 is 0. The number of aliphatic hydroxyl groups excluding tert-OH is 1. The molecule has 0 aliphatic rings. The monoisotopic (exact) mass is 389 g/mol. The second-order valence-electron chi connectivity index (χ2n) is 5.64. The molecule has 3 atom stereocenters. The van der Waals surface area contributed by atoms with Gasteiger partial charge in [-0.2, -0.15) is 0 Å². The highest BCUT2D eigenvalue weighted by molar-refractivity contribution is 5.93. The molecule has 13 heteroatoms. The molecule has 27 heavy (non-hydrogen) atoms. The summed E-state index contributed by atoms with van der Waals surface area (Å²) >= 11 is 0. The summed E-state index contributed by atoms with van der Waals surface area (Å²) in [7, 11) is 0. The SMILES string of the molecule is CC(NC(=O)C(CO)NC(=O)C(N)CCCN=C(N)N)C(=O)NCC(=O)O. The number of amides is 3. The van der Waals surface area contributed by atoms with Crippen LogP contribution in [0, 0.1) is 0 Å². The summed E-state index contributed by atoms with van der Waals surface area (Å²) in [4.78, 5) is 49.8. The minimum atomic E-state index is -1.32. The Bertz CT molecular complexity index is 564. The number of carbonyl (C=O) groups excluding carboxylic acids is 3. The zero-order valence-corrected chi connectivity index (χ0v) is 15.0. The Morgan fingerprint density at radius 2 is 1.70 bits per heavy atom. The standard InChI is InChI=1S/C14H27N7O6/c1-7(11(25)19-5-10(23)24)20-13(27)9(6-22)21-12(26)8(15)3-2-4-18-14(16)17/h7-9,22H,2-6,15H2,1H3,(H,19,25)(H,20,27)(H,21,26)(H,23,24)(H4,16,17,18). The molecule has 0 aromatic rings. The molecule has 154 valence electrons. The van der Waals surface area contributed by atoms with Crippen LogP contribution in [0.4, 0.5) is 0 Å². The zero-order valence-electron chi connectivity index (χ0n) is 15.0. The zero-order chi connectivity index (χ0) is 21.0. The van der Waals surface area contributed by atoms with Crippen LogP contribution in [-0.2, 0) is 19.2 Å². The number of aliphatic imine (C=N–C) groups is 1. The minimum Gasteiger partial charge on any atom is -0.480 e. The third-order valence-corrected chi connectivity index (χ3v) is 3.29. The van der Waals surface area contributed by atoms with E-state index in [-0.39, 0.29) is 18.9 Å². The number of carboxylic acid groups (broad SMARTS) is 1. The van der Waals surface area contributed by atoms with E-state index in [2.05, 4.69) is 20.9 Å². The highest BCUT2D eigenvalue weighted by Crippen LogP contribution is 1.97. The van der Waals surface area contributed by atoms with Gasteiger partial charge < -0.3 is 43.4 Å². The summed E-state index contributed by atoms with van der Waals surface area (Å²) in [5.41, 5.74) is 16.0. The summed E-state index contributed by atoms with van der Waals surface area (Å²) in [6.07, 6.45) is 0.680. The van der Waals surface area contributed by atoms with Gasteiger partial charge in [0.15, 0.2) is 5.96 Å². The fraction of sp³-hybridized carbons (Fsp3) is 0.643.